The van der Waals surface area contributed by atoms with E-state index >= 15 is 0 Å². The molecule has 0 radical (unpaired) electrons. The molecule has 0 aromatic carbocycles. The molecule has 0 aliphatic rings. The predicted molar refractivity (Wildman–Crippen MR) is 110 cm³/mol. The first-order valence-electron chi connectivity index (χ1n) is 9.13. The van der Waals surface area contributed by atoms with E-state index < -0.39 is 30.4 Å². The number of anilines is 1. The van der Waals surface area contributed by atoms with Crippen molar-refractivity contribution in [3.63, 3.8) is 0 Å². The highest BCUT2D eigenvalue weighted by atomic mass is 32.1. The lowest BCUT2D eigenvalue weighted by Crippen LogP contribution is -2.22. The molecule has 0 fully saturated rings. The van der Waals surface area contributed by atoms with Gasteiger partial charge in [-0.25, -0.2) is 14.4 Å². The molecule has 10 heteroatoms. The zero-order chi connectivity index (χ0) is 22.6. The monoisotopic (exact) mass is 436 g/mol. The average molecular weight is 436 g/mol. The van der Waals surface area contributed by atoms with E-state index in [1.165, 1.54) is 18.4 Å². The molecule has 0 bridgehead atoms. The number of aromatic nitrogens is 1. The van der Waals surface area contributed by atoms with Crippen molar-refractivity contribution in [3.8, 4) is 0 Å². The first kappa shape index (κ1) is 23.1. The number of amides is 1. The van der Waals surface area contributed by atoms with Gasteiger partial charge in [-0.15, -0.1) is 11.3 Å². The van der Waals surface area contributed by atoms with Crippen LogP contribution in [-0.2, 0) is 19.0 Å². The van der Waals surface area contributed by atoms with Crippen molar-refractivity contribution in [2.45, 2.75) is 34.6 Å². The molecule has 2 aromatic rings. The van der Waals surface area contributed by atoms with Crippen molar-refractivity contribution < 1.29 is 33.4 Å². The quantitative estimate of drug-likeness (QED) is 0.505. The minimum absolute atomic E-state index is 0.0655. The van der Waals surface area contributed by atoms with Crippen molar-refractivity contribution in [3.05, 3.63) is 38.5 Å². The summed E-state index contributed by atoms with van der Waals surface area (Å²) >= 11 is 1.24. The first-order valence-corrected chi connectivity index (χ1v) is 9.95. The summed E-state index contributed by atoms with van der Waals surface area (Å²) in [6, 6.07) is 0. The highest BCUT2D eigenvalue weighted by molar-refractivity contribution is 7.16. The number of hydrogen-bond donors (Lipinski definition) is 2. The molecule has 0 saturated carbocycles. The maximum absolute atomic E-state index is 12.4. The van der Waals surface area contributed by atoms with Crippen molar-refractivity contribution in [1.29, 1.82) is 0 Å². The second-order valence-corrected chi connectivity index (χ2v) is 7.67. The zero-order valence-corrected chi connectivity index (χ0v) is 18.5. The molecule has 0 atom stereocenters. The fraction of sp³-hybridized carbons (Fsp3) is 0.400. The molecule has 0 unspecified atom stereocenters. The maximum atomic E-state index is 12.4. The van der Waals surface area contributed by atoms with Gasteiger partial charge in [-0.1, -0.05) is 0 Å². The molecular weight excluding hydrogens is 412 g/mol. The number of aryl methyl sites for hydroxylation is 2. The summed E-state index contributed by atoms with van der Waals surface area (Å²) in [5.41, 5.74) is 2.16. The Morgan fingerprint density at radius 3 is 2.20 bits per heavy atom. The fourth-order valence-electron chi connectivity index (χ4n) is 2.89. The van der Waals surface area contributed by atoms with E-state index in [2.05, 4.69) is 10.3 Å². The van der Waals surface area contributed by atoms with Crippen molar-refractivity contribution in [2.75, 3.05) is 25.6 Å². The largest absolute Gasteiger partial charge is 0.465 e. The van der Waals surface area contributed by atoms with Gasteiger partial charge in [0.1, 0.15) is 10.7 Å². The summed E-state index contributed by atoms with van der Waals surface area (Å²) in [6.45, 7) is 8.13. The van der Waals surface area contributed by atoms with Crippen LogP contribution in [0.3, 0.4) is 0 Å². The second-order valence-electron chi connectivity index (χ2n) is 6.45. The standard InChI is InChI=1S/C20H24N2O7S/c1-7-28-19(25)15-9(2)12(5)30-17(15)22-13(23)8-29-20(26)16-10(3)14(11(4)21-16)18(24)27-6/h21H,7-8H2,1-6H3,(H,22,23). The third-order valence-electron chi connectivity index (χ3n) is 4.48. The van der Waals surface area contributed by atoms with Crippen LogP contribution in [0.2, 0.25) is 0 Å². The highest BCUT2D eigenvalue weighted by Crippen LogP contribution is 2.33. The van der Waals surface area contributed by atoms with Gasteiger partial charge in [-0.3, -0.25) is 4.79 Å². The van der Waals surface area contributed by atoms with E-state index in [4.69, 9.17) is 14.2 Å². The number of methoxy groups -OCH3 is 1. The lowest BCUT2D eigenvalue weighted by Gasteiger charge is -2.08. The number of carbonyl (C=O) groups excluding carboxylic acids is 4. The van der Waals surface area contributed by atoms with Gasteiger partial charge >= 0.3 is 17.9 Å². The summed E-state index contributed by atoms with van der Waals surface area (Å²) in [6.07, 6.45) is 0. The lowest BCUT2D eigenvalue weighted by atomic mass is 10.1. The van der Waals surface area contributed by atoms with Crippen LogP contribution in [0.25, 0.3) is 0 Å². The number of ether oxygens (including phenoxy) is 3. The molecule has 162 valence electrons. The molecule has 0 saturated heterocycles. The number of esters is 3. The van der Waals surface area contributed by atoms with Crippen LogP contribution in [0.5, 0.6) is 0 Å². The minimum Gasteiger partial charge on any atom is -0.465 e. The van der Waals surface area contributed by atoms with Crippen molar-refractivity contribution >= 4 is 40.2 Å². The van der Waals surface area contributed by atoms with E-state index in [0.29, 0.717) is 16.3 Å². The Bertz CT molecular complexity index is 1000. The maximum Gasteiger partial charge on any atom is 0.355 e. The normalized spacial score (nSPS) is 10.5. The number of carbonyl (C=O) groups is 4. The SMILES string of the molecule is CCOC(=O)c1c(NC(=O)COC(=O)c2[nH]c(C)c(C(=O)OC)c2C)sc(C)c1C. The van der Waals surface area contributed by atoms with Crippen LogP contribution < -0.4 is 5.32 Å². The Morgan fingerprint density at radius 2 is 1.60 bits per heavy atom. The summed E-state index contributed by atoms with van der Waals surface area (Å²) in [7, 11) is 1.25. The number of rotatable bonds is 7. The van der Waals surface area contributed by atoms with Gasteiger partial charge in [0.2, 0.25) is 0 Å². The Morgan fingerprint density at radius 1 is 0.933 bits per heavy atom. The molecule has 0 aliphatic carbocycles. The first-order chi connectivity index (χ1) is 14.1. The number of nitrogens with one attached hydrogen (secondary N) is 2. The van der Waals surface area contributed by atoms with Gasteiger partial charge in [0.05, 0.1) is 24.8 Å². The Labute approximate surface area is 177 Å². The number of H-pyrrole nitrogens is 1. The molecule has 30 heavy (non-hydrogen) atoms. The lowest BCUT2D eigenvalue weighted by molar-refractivity contribution is -0.119. The predicted octanol–water partition coefficient (Wildman–Crippen LogP) is 3.07. The van der Waals surface area contributed by atoms with Gasteiger partial charge in [0.25, 0.3) is 5.91 Å². The van der Waals surface area contributed by atoms with Crippen molar-refractivity contribution in [1.82, 2.24) is 4.98 Å². The van der Waals surface area contributed by atoms with Crippen LogP contribution in [-0.4, -0.2) is 49.1 Å². The van der Waals surface area contributed by atoms with Gasteiger partial charge in [0, 0.05) is 10.6 Å². The van der Waals surface area contributed by atoms with Crippen LogP contribution in [0.1, 0.15) is 59.8 Å². The Kier molecular flexibility index (Phi) is 7.38. The third-order valence-corrected chi connectivity index (χ3v) is 5.61. The summed E-state index contributed by atoms with van der Waals surface area (Å²) in [5.74, 6) is -2.50. The average Bonchev–Trinajstić information content (AvgIpc) is 3.14. The molecule has 2 rings (SSSR count). The molecule has 2 N–H and O–H groups in total. The molecule has 1 amide bonds. The van der Waals surface area contributed by atoms with Crippen LogP contribution in [0.15, 0.2) is 0 Å². The summed E-state index contributed by atoms with van der Waals surface area (Å²) < 4.78 is 14.8. The van der Waals surface area contributed by atoms with E-state index in [1.54, 1.807) is 27.7 Å². The summed E-state index contributed by atoms with van der Waals surface area (Å²) in [5, 5.41) is 2.93. The Balaban J connectivity index is 2.09. The third kappa shape index (κ3) is 4.70. The molecule has 2 aromatic heterocycles. The zero-order valence-electron chi connectivity index (χ0n) is 17.7. The number of hydrogen-bond acceptors (Lipinski definition) is 8. The molecule has 9 nitrogen and oxygen atoms in total. The Hall–Kier alpha value is -3.14. The van der Waals surface area contributed by atoms with E-state index in [1.807, 2.05) is 6.92 Å². The van der Waals surface area contributed by atoms with E-state index in [0.717, 1.165) is 10.4 Å². The smallest absolute Gasteiger partial charge is 0.355 e. The fourth-order valence-corrected chi connectivity index (χ4v) is 3.96. The number of aromatic amines is 1. The van der Waals surface area contributed by atoms with E-state index in [9.17, 15) is 19.2 Å². The highest BCUT2D eigenvalue weighted by Gasteiger charge is 2.25. The van der Waals surface area contributed by atoms with Crippen LogP contribution in [0, 0.1) is 27.7 Å². The molecule has 0 aliphatic heterocycles. The van der Waals surface area contributed by atoms with E-state index in [-0.39, 0.29) is 23.4 Å². The van der Waals surface area contributed by atoms with Crippen LogP contribution >= 0.6 is 11.3 Å². The molecular formula is C20H24N2O7S. The molecule has 2 heterocycles. The van der Waals surface area contributed by atoms with Crippen LogP contribution in [0.4, 0.5) is 5.00 Å². The van der Waals surface area contributed by atoms with Gasteiger partial charge in [-0.2, -0.15) is 0 Å². The second kappa shape index (κ2) is 9.57. The molecule has 0 spiro atoms. The van der Waals surface area contributed by atoms with Gasteiger partial charge < -0.3 is 24.5 Å². The van der Waals surface area contributed by atoms with Gasteiger partial charge in [-0.05, 0) is 45.7 Å². The van der Waals surface area contributed by atoms with Gasteiger partial charge in [0.15, 0.2) is 6.61 Å². The van der Waals surface area contributed by atoms with Crippen molar-refractivity contribution in [2.24, 2.45) is 0 Å². The number of thiophene rings is 1. The topological polar surface area (TPSA) is 124 Å². The minimum atomic E-state index is -0.787. The summed E-state index contributed by atoms with van der Waals surface area (Å²) in [4.78, 5) is 52.3.